The third-order valence-electron chi connectivity index (χ3n) is 2.90. The van der Waals surface area contributed by atoms with E-state index in [4.69, 9.17) is 5.11 Å². The van der Waals surface area contributed by atoms with Crippen LogP contribution in [0.3, 0.4) is 0 Å². The van der Waals surface area contributed by atoms with Crippen molar-refractivity contribution in [2.24, 2.45) is 0 Å². The minimum Gasteiger partial charge on any atom is -0.480 e. The van der Waals surface area contributed by atoms with E-state index in [1.54, 1.807) is 0 Å². The number of carboxylic acid groups (broad SMARTS) is 1. The Kier molecular flexibility index (Phi) is 5.64. The van der Waals surface area contributed by atoms with Gasteiger partial charge in [-0.15, -0.1) is 0 Å². The number of aliphatic carboxylic acids is 1. The average molecular weight is 303 g/mol. The zero-order chi connectivity index (χ0) is 15.3. The van der Waals surface area contributed by atoms with Gasteiger partial charge >= 0.3 is 5.97 Å². The predicted octanol–water partition coefficient (Wildman–Crippen LogP) is 2.06. The molecule has 1 aromatic carbocycles. The zero-order valence-electron chi connectivity index (χ0n) is 11.4. The Bertz CT molecular complexity index is 586. The van der Waals surface area contributed by atoms with Gasteiger partial charge in [0.2, 0.25) is 10.0 Å². The predicted molar refractivity (Wildman–Crippen MR) is 72.4 cm³/mol. The van der Waals surface area contributed by atoms with Gasteiger partial charge in [0.15, 0.2) is 0 Å². The smallest absolute Gasteiger partial charge is 0.321 e. The van der Waals surface area contributed by atoms with Crippen molar-refractivity contribution in [1.29, 1.82) is 0 Å². The van der Waals surface area contributed by atoms with E-state index in [0.717, 1.165) is 12.5 Å². The topological polar surface area (TPSA) is 83.5 Å². The molecule has 0 saturated heterocycles. The molecule has 2 N–H and O–H groups in total. The van der Waals surface area contributed by atoms with E-state index in [9.17, 15) is 17.6 Å². The van der Waals surface area contributed by atoms with Crippen LogP contribution in [-0.2, 0) is 14.8 Å². The second kappa shape index (κ2) is 6.81. The van der Waals surface area contributed by atoms with Crippen molar-refractivity contribution in [3.8, 4) is 0 Å². The van der Waals surface area contributed by atoms with Gasteiger partial charge in [0.25, 0.3) is 0 Å². The van der Waals surface area contributed by atoms with Crippen molar-refractivity contribution in [1.82, 2.24) is 4.72 Å². The number of carboxylic acids is 1. The van der Waals surface area contributed by atoms with Crippen molar-refractivity contribution in [3.05, 3.63) is 29.6 Å². The first-order valence-corrected chi connectivity index (χ1v) is 7.77. The number of carbonyl (C=O) groups is 1. The molecule has 0 fully saturated rings. The van der Waals surface area contributed by atoms with Crippen LogP contribution < -0.4 is 4.72 Å². The third kappa shape index (κ3) is 4.28. The van der Waals surface area contributed by atoms with Crippen molar-refractivity contribution in [2.45, 2.75) is 44.0 Å². The van der Waals surface area contributed by atoms with Crippen molar-refractivity contribution < 1.29 is 22.7 Å². The fraction of sp³-hybridized carbons (Fsp3) is 0.462. The maximum Gasteiger partial charge on any atom is 0.321 e. The van der Waals surface area contributed by atoms with E-state index in [1.807, 2.05) is 6.92 Å². The fourth-order valence-electron chi connectivity index (χ4n) is 1.64. The molecule has 0 aromatic heterocycles. The summed E-state index contributed by atoms with van der Waals surface area (Å²) in [6.45, 7) is 3.39. The lowest BCUT2D eigenvalue weighted by Crippen LogP contribution is -2.40. The highest BCUT2D eigenvalue weighted by atomic mass is 32.2. The maximum atomic E-state index is 13.4. The Balaban J connectivity index is 2.97. The first kappa shape index (κ1) is 16.6. The quantitative estimate of drug-likeness (QED) is 0.807. The maximum absolute atomic E-state index is 13.4. The van der Waals surface area contributed by atoms with Crippen LogP contribution in [-0.4, -0.2) is 25.5 Å². The number of sulfonamides is 1. The molecule has 112 valence electrons. The summed E-state index contributed by atoms with van der Waals surface area (Å²) in [5, 5.41) is 9.01. The molecule has 0 aliphatic rings. The second-order valence-corrected chi connectivity index (χ2v) is 6.28. The van der Waals surface area contributed by atoms with E-state index < -0.39 is 27.9 Å². The second-order valence-electron chi connectivity index (χ2n) is 4.57. The Morgan fingerprint density at radius 2 is 2.10 bits per heavy atom. The molecule has 0 saturated carbocycles. The number of rotatable bonds is 7. The van der Waals surface area contributed by atoms with Crippen molar-refractivity contribution in [3.63, 3.8) is 0 Å². The molecule has 5 nitrogen and oxygen atoms in total. The molecular weight excluding hydrogens is 285 g/mol. The Morgan fingerprint density at radius 1 is 1.45 bits per heavy atom. The lowest BCUT2D eigenvalue weighted by Gasteiger charge is -2.14. The number of aryl methyl sites for hydroxylation is 1. The normalized spacial score (nSPS) is 13.2. The molecule has 7 heteroatoms. The van der Waals surface area contributed by atoms with Gasteiger partial charge in [0, 0.05) is 0 Å². The van der Waals surface area contributed by atoms with Crippen LogP contribution in [0.15, 0.2) is 23.1 Å². The van der Waals surface area contributed by atoms with Gasteiger partial charge in [-0.2, -0.15) is 4.72 Å². The first-order chi connectivity index (χ1) is 9.27. The molecule has 1 rings (SSSR count). The van der Waals surface area contributed by atoms with Gasteiger partial charge in [0.1, 0.15) is 11.9 Å². The van der Waals surface area contributed by atoms with Crippen LogP contribution in [0, 0.1) is 12.7 Å². The van der Waals surface area contributed by atoms with Crippen LogP contribution in [0.5, 0.6) is 0 Å². The van der Waals surface area contributed by atoms with Crippen LogP contribution in [0.25, 0.3) is 0 Å². The molecule has 0 aliphatic carbocycles. The molecule has 1 unspecified atom stereocenters. The minimum absolute atomic E-state index is 0.194. The SMILES string of the molecule is CCCCC(NS(=O)(=O)c1ccc(C)c(F)c1)C(=O)O. The molecule has 20 heavy (non-hydrogen) atoms. The highest BCUT2D eigenvalue weighted by Gasteiger charge is 2.25. The van der Waals surface area contributed by atoms with E-state index in [1.165, 1.54) is 19.1 Å². The Morgan fingerprint density at radius 3 is 2.60 bits per heavy atom. The molecule has 1 atom stereocenters. The van der Waals surface area contributed by atoms with Gasteiger partial charge in [-0.3, -0.25) is 4.79 Å². The number of halogens is 1. The largest absolute Gasteiger partial charge is 0.480 e. The Hall–Kier alpha value is -1.47. The van der Waals surface area contributed by atoms with Gasteiger partial charge < -0.3 is 5.11 Å². The summed E-state index contributed by atoms with van der Waals surface area (Å²) < 4.78 is 39.6. The number of unbranched alkanes of at least 4 members (excludes halogenated alkanes) is 1. The number of hydrogen-bond acceptors (Lipinski definition) is 3. The molecule has 0 heterocycles. The Labute approximate surface area is 117 Å². The standard InChI is InChI=1S/C13H18FNO4S/c1-3-4-5-12(13(16)17)15-20(18,19)10-7-6-9(2)11(14)8-10/h6-8,12,15H,3-5H2,1-2H3,(H,16,17). The van der Waals surface area contributed by atoms with Gasteiger partial charge in [-0.25, -0.2) is 12.8 Å². The molecule has 0 radical (unpaired) electrons. The van der Waals surface area contributed by atoms with E-state index >= 15 is 0 Å². The van der Waals surface area contributed by atoms with E-state index in [2.05, 4.69) is 4.72 Å². The molecule has 0 bridgehead atoms. The summed E-state index contributed by atoms with van der Waals surface area (Å²) in [5.74, 6) is -1.89. The number of nitrogens with one attached hydrogen (secondary N) is 1. The van der Waals surface area contributed by atoms with Crippen molar-refractivity contribution in [2.75, 3.05) is 0 Å². The summed E-state index contributed by atoms with van der Waals surface area (Å²) in [7, 11) is -4.05. The fourth-order valence-corrected chi connectivity index (χ4v) is 2.87. The lowest BCUT2D eigenvalue weighted by atomic mass is 10.1. The highest BCUT2D eigenvalue weighted by molar-refractivity contribution is 7.89. The molecule has 1 aromatic rings. The van der Waals surface area contributed by atoms with Gasteiger partial charge in [-0.1, -0.05) is 25.8 Å². The summed E-state index contributed by atoms with van der Waals surface area (Å²) in [6, 6.07) is 2.27. The van der Waals surface area contributed by atoms with E-state index in [-0.39, 0.29) is 11.3 Å². The monoisotopic (exact) mass is 303 g/mol. The van der Waals surface area contributed by atoms with E-state index in [0.29, 0.717) is 12.0 Å². The highest BCUT2D eigenvalue weighted by Crippen LogP contribution is 2.15. The van der Waals surface area contributed by atoms with Gasteiger partial charge in [0.05, 0.1) is 4.90 Å². The van der Waals surface area contributed by atoms with Crippen molar-refractivity contribution >= 4 is 16.0 Å². The van der Waals surface area contributed by atoms with Crippen LogP contribution in [0.2, 0.25) is 0 Å². The first-order valence-electron chi connectivity index (χ1n) is 6.29. The molecule has 0 amide bonds. The minimum atomic E-state index is -4.05. The van der Waals surface area contributed by atoms with Crippen LogP contribution in [0.1, 0.15) is 31.7 Å². The average Bonchev–Trinajstić information content (AvgIpc) is 2.37. The number of hydrogen-bond donors (Lipinski definition) is 2. The van der Waals surface area contributed by atoms with Crippen LogP contribution in [0.4, 0.5) is 4.39 Å². The summed E-state index contributed by atoms with van der Waals surface area (Å²) in [5.41, 5.74) is 0.324. The molecule has 0 spiro atoms. The summed E-state index contributed by atoms with van der Waals surface area (Å²) in [6.07, 6.45) is 1.53. The molecular formula is C13H18FNO4S. The summed E-state index contributed by atoms with van der Waals surface area (Å²) >= 11 is 0. The van der Waals surface area contributed by atoms with Gasteiger partial charge in [-0.05, 0) is 31.0 Å². The molecule has 0 aliphatic heterocycles. The lowest BCUT2D eigenvalue weighted by molar-refractivity contribution is -0.139. The third-order valence-corrected chi connectivity index (χ3v) is 4.36. The number of benzene rings is 1. The van der Waals surface area contributed by atoms with Crippen LogP contribution >= 0.6 is 0 Å². The summed E-state index contributed by atoms with van der Waals surface area (Å²) in [4.78, 5) is 10.8. The zero-order valence-corrected chi connectivity index (χ0v) is 12.2.